The number of halogens is 1. The van der Waals surface area contributed by atoms with Crippen LogP contribution in [0.15, 0.2) is 23.3 Å². The first-order valence-corrected chi connectivity index (χ1v) is 6.71. The number of nitrogens with zero attached hydrogens (tertiary/aromatic N) is 2. The minimum atomic E-state index is 0.538. The number of nitrogens with one attached hydrogen (secondary N) is 1. The molecule has 0 aliphatic heterocycles. The highest BCUT2D eigenvalue weighted by atomic mass is 79.9. The Balaban J connectivity index is 2.39. The molecule has 0 bridgehead atoms. The molecule has 0 aromatic carbocycles. The molecule has 1 rings (SSSR count). The van der Waals surface area contributed by atoms with Crippen molar-refractivity contribution in [2.45, 2.75) is 0 Å². The molecule has 0 amide bonds. The van der Waals surface area contributed by atoms with Gasteiger partial charge in [0.2, 0.25) is 11.8 Å². The predicted octanol–water partition coefficient (Wildman–Crippen LogP) is 2.58. The van der Waals surface area contributed by atoms with Crippen LogP contribution >= 0.6 is 27.7 Å². The fourth-order valence-corrected chi connectivity index (χ4v) is 1.91. The minimum absolute atomic E-state index is 0.538. The Morgan fingerprint density at radius 1 is 1.69 bits per heavy atom. The molecular formula is C10H14BrN3OS. The zero-order valence-corrected chi connectivity index (χ0v) is 11.5. The smallest absolute Gasteiger partial charge is 0.232 e. The highest BCUT2D eigenvalue weighted by Crippen LogP contribution is 2.21. The third-order valence-corrected chi connectivity index (χ3v) is 3.18. The standard InChI is InChI=1S/C10H14BrN3OS/c1-3-5-16-6-4-12-10-13-7-8(11)9(14-10)15-2/h3,7H,1,4-6H2,2H3,(H,12,13,14). The minimum Gasteiger partial charge on any atom is -0.480 e. The van der Waals surface area contributed by atoms with Crippen LogP contribution in [0.2, 0.25) is 0 Å². The van der Waals surface area contributed by atoms with Gasteiger partial charge in [0.1, 0.15) is 0 Å². The van der Waals surface area contributed by atoms with E-state index in [2.05, 4.69) is 37.8 Å². The lowest BCUT2D eigenvalue weighted by atomic mass is 10.6. The summed E-state index contributed by atoms with van der Waals surface area (Å²) in [6.45, 7) is 4.48. The molecule has 16 heavy (non-hydrogen) atoms. The van der Waals surface area contributed by atoms with Crippen LogP contribution < -0.4 is 10.1 Å². The number of aromatic nitrogens is 2. The second-order valence-corrected chi connectivity index (χ2v) is 4.85. The third kappa shape index (κ3) is 4.40. The van der Waals surface area contributed by atoms with E-state index in [0.29, 0.717) is 11.8 Å². The molecule has 1 N–H and O–H groups in total. The molecule has 1 heterocycles. The van der Waals surface area contributed by atoms with E-state index in [4.69, 9.17) is 4.74 Å². The first-order valence-electron chi connectivity index (χ1n) is 4.77. The van der Waals surface area contributed by atoms with E-state index in [-0.39, 0.29) is 0 Å². The fraction of sp³-hybridized carbons (Fsp3) is 0.400. The van der Waals surface area contributed by atoms with Crippen molar-refractivity contribution in [3.8, 4) is 5.88 Å². The van der Waals surface area contributed by atoms with Crippen molar-refractivity contribution >= 4 is 33.6 Å². The summed E-state index contributed by atoms with van der Waals surface area (Å²) in [6, 6.07) is 0. The summed E-state index contributed by atoms with van der Waals surface area (Å²) >= 11 is 5.11. The molecule has 0 aliphatic carbocycles. The number of rotatable bonds is 7. The predicted molar refractivity (Wildman–Crippen MR) is 72.3 cm³/mol. The SMILES string of the molecule is C=CCSCCNc1ncc(Br)c(OC)n1. The van der Waals surface area contributed by atoms with Crippen LogP contribution in [0.1, 0.15) is 0 Å². The number of anilines is 1. The second-order valence-electron chi connectivity index (χ2n) is 2.84. The third-order valence-electron chi connectivity index (χ3n) is 1.67. The molecule has 0 spiro atoms. The Hall–Kier alpha value is -0.750. The lowest BCUT2D eigenvalue weighted by molar-refractivity contribution is 0.394. The van der Waals surface area contributed by atoms with Crippen LogP contribution in [-0.2, 0) is 0 Å². The first-order chi connectivity index (χ1) is 7.77. The van der Waals surface area contributed by atoms with Gasteiger partial charge in [-0.05, 0) is 15.9 Å². The highest BCUT2D eigenvalue weighted by molar-refractivity contribution is 9.10. The van der Waals surface area contributed by atoms with Gasteiger partial charge in [0, 0.05) is 18.1 Å². The monoisotopic (exact) mass is 303 g/mol. The zero-order valence-electron chi connectivity index (χ0n) is 9.07. The van der Waals surface area contributed by atoms with Crippen molar-refractivity contribution in [3.05, 3.63) is 23.3 Å². The van der Waals surface area contributed by atoms with Gasteiger partial charge in [-0.3, -0.25) is 0 Å². The van der Waals surface area contributed by atoms with E-state index < -0.39 is 0 Å². The normalized spacial score (nSPS) is 9.88. The largest absolute Gasteiger partial charge is 0.480 e. The number of thioether (sulfide) groups is 1. The van der Waals surface area contributed by atoms with Gasteiger partial charge in [-0.1, -0.05) is 6.08 Å². The Bertz CT molecular complexity index is 349. The summed E-state index contributed by atoms with van der Waals surface area (Å²) < 4.78 is 5.83. The molecule has 0 atom stereocenters. The average Bonchev–Trinajstić information content (AvgIpc) is 2.31. The van der Waals surface area contributed by atoms with Crippen molar-refractivity contribution < 1.29 is 4.74 Å². The lowest BCUT2D eigenvalue weighted by Gasteiger charge is -2.06. The molecule has 0 radical (unpaired) electrons. The summed E-state index contributed by atoms with van der Waals surface area (Å²) in [5.74, 6) is 3.08. The molecular weight excluding hydrogens is 290 g/mol. The van der Waals surface area contributed by atoms with Crippen molar-refractivity contribution in [1.82, 2.24) is 9.97 Å². The first kappa shape index (κ1) is 13.3. The van der Waals surface area contributed by atoms with Gasteiger partial charge >= 0.3 is 0 Å². The summed E-state index contributed by atoms with van der Waals surface area (Å²) in [6.07, 6.45) is 3.56. The Morgan fingerprint density at radius 2 is 2.50 bits per heavy atom. The maximum atomic E-state index is 5.07. The zero-order chi connectivity index (χ0) is 11.8. The summed E-state index contributed by atoms with van der Waals surface area (Å²) in [7, 11) is 1.58. The van der Waals surface area contributed by atoms with Crippen molar-refractivity contribution in [3.63, 3.8) is 0 Å². The van der Waals surface area contributed by atoms with Gasteiger partial charge in [-0.15, -0.1) is 6.58 Å². The maximum absolute atomic E-state index is 5.07. The molecule has 4 nitrogen and oxygen atoms in total. The van der Waals surface area contributed by atoms with E-state index in [0.717, 1.165) is 22.5 Å². The van der Waals surface area contributed by atoms with Gasteiger partial charge in [0.15, 0.2) is 0 Å². The lowest BCUT2D eigenvalue weighted by Crippen LogP contribution is -2.08. The molecule has 0 aliphatic rings. The molecule has 1 aromatic rings. The Labute approximate surface area is 108 Å². The van der Waals surface area contributed by atoms with Crippen LogP contribution in [0.3, 0.4) is 0 Å². The van der Waals surface area contributed by atoms with Crippen LogP contribution in [0, 0.1) is 0 Å². The van der Waals surface area contributed by atoms with Gasteiger partial charge in [-0.2, -0.15) is 16.7 Å². The highest BCUT2D eigenvalue weighted by Gasteiger charge is 2.03. The molecule has 0 saturated carbocycles. The summed E-state index contributed by atoms with van der Waals surface area (Å²) in [4.78, 5) is 8.31. The van der Waals surface area contributed by atoms with Crippen LogP contribution in [0.4, 0.5) is 5.95 Å². The topological polar surface area (TPSA) is 47.0 Å². The number of hydrogen-bond donors (Lipinski definition) is 1. The molecule has 0 saturated heterocycles. The molecule has 0 unspecified atom stereocenters. The van der Waals surface area contributed by atoms with E-state index >= 15 is 0 Å². The Kier molecular flexibility index (Phi) is 6.25. The summed E-state index contributed by atoms with van der Waals surface area (Å²) in [5, 5.41) is 3.13. The van der Waals surface area contributed by atoms with Gasteiger partial charge < -0.3 is 10.1 Å². The van der Waals surface area contributed by atoms with Gasteiger partial charge in [0.05, 0.1) is 17.8 Å². The molecule has 1 aromatic heterocycles. The van der Waals surface area contributed by atoms with Crippen molar-refractivity contribution in [1.29, 1.82) is 0 Å². The average molecular weight is 304 g/mol. The van der Waals surface area contributed by atoms with Crippen LogP contribution in [0.5, 0.6) is 5.88 Å². The number of methoxy groups -OCH3 is 1. The number of ether oxygens (including phenoxy) is 1. The van der Waals surface area contributed by atoms with Gasteiger partial charge in [0.25, 0.3) is 0 Å². The van der Waals surface area contributed by atoms with Crippen molar-refractivity contribution in [2.75, 3.05) is 30.5 Å². The van der Waals surface area contributed by atoms with Crippen LogP contribution in [-0.4, -0.2) is 35.1 Å². The van der Waals surface area contributed by atoms with E-state index in [1.807, 2.05) is 17.8 Å². The maximum Gasteiger partial charge on any atom is 0.232 e. The van der Waals surface area contributed by atoms with Gasteiger partial charge in [-0.25, -0.2) is 4.98 Å². The van der Waals surface area contributed by atoms with Crippen molar-refractivity contribution in [2.24, 2.45) is 0 Å². The second kappa shape index (κ2) is 7.51. The Morgan fingerprint density at radius 3 is 3.19 bits per heavy atom. The fourth-order valence-electron chi connectivity index (χ4n) is 0.981. The number of hydrogen-bond acceptors (Lipinski definition) is 5. The van der Waals surface area contributed by atoms with E-state index in [9.17, 15) is 0 Å². The van der Waals surface area contributed by atoms with Crippen LogP contribution in [0.25, 0.3) is 0 Å². The summed E-state index contributed by atoms with van der Waals surface area (Å²) in [5.41, 5.74) is 0. The van der Waals surface area contributed by atoms with E-state index in [1.54, 1.807) is 13.3 Å². The molecule has 0 fully saturated rings. The molecule has 6 heteroatoms. The quantitative estimate of drug-likeness (QED) is 0.620. The molecule has 88 valence electrons. The van der Waals surface area contributed by atoms with E-state index in [1.165, 1.54) is 0 Å².